The van der Waals surface area contributed by atoms with Crippen molar-refractivity contribution in [2.75, 3.05) is 32.4 Å². The summed E-state index contributed by atoms with van der Waals surface area (Å²) < 4.78 is 38.5. The first-order chi connectivity index (χ1) is 16.0. The van der Waals surface area contributed by atoms with Gasteiger partial charge in [-0.15, -0.1) is 0 Å². The summed E-state index contributed by atoms with van der Waals surface area (Å²) in [4.78, 5) is 17.1. The first-order valence-electron chi connectivity index (χ1n) is 11.0. The zero-order chi connectivity index (χ0) is 24.6. The molecule has 1 heterocycles. The van der Waals surface area contributed by atoms with Crippen LogP contribution in [0.15, 0.2) is 30.3 Å². The summed E-state index contributed by atoms with van der Waals surface area (Å²) in [5, 5.41) is 1.24. The van der Waals surface area contributed by atoms with E-state index in [9.17, 15) is 17.6 Å². The minimum Gasteiger partial charge on any atom is -0.297 e. The summed E-state index contributed by atoms with van der Waals surface area (Å²) >= 11 is 16.0. The fourth-order valence-electron chi connectivity index (χ4n) is 4.27. The summed E-state index contributed by atoms with van der Waals surface area (Å²) in [7, 11) is -3.90. The van der Waals surface area contributed by atoms with Crippen molar-refractivity contribution in [2.24, 2.45) is 0 Å². The molecule has 34 heavy (non-hydrogen) atoms. The highest BCUT2D eigenvalue weighted by molar-refractivity contribution is 8.00. The van der Waals surface area contributed by atoms with Gasteiger partial charge in [-0.25, -0.2) is 12.8 Å². The molecule has 0 unspecified atom stereocenters. The Labute approximate surface area is 215 Å². The van der Waals surface area contributed by atoms with Gasteiger partial charge in [-0.3, -0.25) is 14.6 Å². The molecule has 0 atom stereocenters. The lowest BCUT2D eigenvalue weighted by Crippen LogP contribution is -2.45. The number of hydrogen-bond acceptors (Lipinski definition) is 6. The molecule has 184 valence electrons. The molecule has 1 saturated carbocycles. The van der Waals surface area contributed by atoms with Crippen molar-refractivity contribution in [1.82, 2.24) is 13.5 Å². The number of carbonyl (C=O) groups excluding carboxylic acids is 1. The monoisotopic (exact) mass is 545 g/mol. The summed E-state index contributed by atoms with van der Waals surface area (Å²) in [5.74, 6) is -1.45. The van der Waals surface area contributed by atoms with Gasteiger partial charge in [-0.2, -0.15) is 3.71 Å². The number of carbonyl (C=O) groups is 1. The van der Waals surface area contributed by atoms with E-state index in [1.807, 2.05) is 12.1 Å². The van der Waals surface area contributed by atoms with Crippen LogP contribution in [0.3, 0.4) is 0 Å². The maximum Gasteiger partial charge on any atom is 0.280 e. The fourth-order valence-corrected chi connectivity index (χ4v) is 5.35. The molecular weight excluding hydrogens is 520 g/mol. The van der Waals surface area contributed by atoms with Crippen LogP contribution in [0.1, 0.15) is 45.8 Å². The van der Waals surface area contributed by atoms with E-state index in [0.29, 0.717) is 16.6 Å². The quantitative estimate of drug-likeness (QED) is 0.516. The Morgan fingerprint density at radius 3 is 2.12 bits per heavy atom. The van der Waals surface area contributed by atoms with Gasteiger partial charge < -0.3 is 0 Å². The summed E-state index contributed by atoms with van der Waals surface area (Å²) in [6.07, 6.45) is 2.80. The van der Waals surface area contributed by atoms with Crippen LogP contribution in [0.5, 0.6) is 0 Å². The van der Waals surface area contributed by atoms with Gasteiger partial charge >= 0.3 is 0 Å². The van der Waals surface area contributed by atoms with E-state index < -0.39 is 21.7 Å². The van der Waals surface area contributed by atoms with Crippen LogP contribution in [0.4, 0.5) is 4.39 Å². The molecule has 6 nitrogen and oxygen atoms in total. The highest BCUT2D eigenvalue weighted by atomic mass is 35.5. The van der Waals surface area contributed by atoms with Crippen LogP contribution in [0.25, 0.3) is 0 Å². The fraction of sp³-hybridized carbons (Fsp3) is 0.435. The first-order valence-corrected chi connectivity index (χ1v) is 14.0. The van der Waals surface area contributed by atoms with Gasteiger partial charge in [0.1, 0.15) is 5.82 Å². The van der Waals surface area contributed by atoms with Crippen LogP contribution in [-0.2, 0) is 23.1 Å². The number of benzene rings is 2. The zero-order valence-electron chi connectivity index (χ0n) is 18.7. The largest absolute Gasteiger partial charge is 0.297 e. The van der Waals surface area contributed by atoms with Crippen molar-refractivity contribution in [3.05, 3.63) is 68.4 Å². The molecule has 2 aliphatic rings. The number of sulfonamides is 1. The van der Waals surface area contributed by atoms with Gasteiger partial charge in [0.25, 0.3) is 5.91 Å². The Bertz CT molecular complexity index is 1180. The van der Waals surface area contributed by atoms with Crippen LogP contribution in [-0.4, -0.2) is 60.3 Å². The van der Waals surface area contributed by atoms with E-state index in [2.05, 4.69) is 22.6 Å². The Balaban J connectivity index is 1.44. The Kier molecular flexibility index (Phi) is 7.81. The molecule has 11 heteroatoms. The maximum atomic E-state index is 14.9. The maximum absolute atomic E-state index is 14.9. The first kappa shape index (κ1) is 25.7. The Hall–Kier alpha value is -1.36. The summed E-state index contributed by atoms with van der Waals surface area (Å²) in [6.45, 7) is 4.67. The van der Waals surface area contributed by atoms with Crippen molar-refractivity contribution in [1.29, 1.82) is 0 Å². The van der Waals surface area contributed by atoms with Gasteiger partial charge in [0.2, 0.25) is 10.0 Å². The van der Waals surface area contributed by atoms with Crippen molar-refractivity contribution < 1.29 is 17.6 Å². The third-order valence-corrected chi connectivity index (χ3v) is 8.45. The third-order valence-electron chi connectivity index (χ3n) is 6.15. The molecule has 1 saturated heterocycles. The molecule has 2 aromatic carbocycles. The second-order valence-corrected chi connectivity index (χ2v) is 12.3. The molecule has 1 aliphatic heterocycles. The van der Waals surface area contributed by atoms with Gasteiger partial charge in [0, 0.05) is 49.3 Å². The molecule has 0 spiro atoms. The molecule has 1 aliphatic carbocycles. The van der Waals surface area contributed by atoms with E-state index in [0.717, 1.165) is 68.5 Å². The van der Waals surface area contributed by atoms with Crippen LogP contribution in [0, 0.1) is 5.82 Å². The number of hydrogen-bond donors (Lipinski definition) is 1. The van der Waals surface area contributed by atoms with Crippen LogP contribution < -0.4 is 0 Å². The number of piperazine rings is 1. The SMILES string of the molecule is CS(=O)(=O)N(S)C(=O)c1cc(C2CC2)c(CN2CCN(Cc3cc(Cl)cc(Cl)c3)CC2)cc1F. The second-order valence-electron chi connectivity index (χ2n) is 8.95. The number of nitrogens with zero attached hydrogens (tertiary/aromatic N) is 3. The Morgan fingerprint density at radius 2 is 1.59 bits per heavy atom. The van der Waals surface area contributed by atoms with Crippen molar-refractivity contribution in [3.8, 4) is 0 Å². The highest BCUT2D eigenvalue weighted by Gasteiger charge is 2.31. The molecule has 0 N–H and O–H groups in total. The van der Waals surface area contributed by atoms with Gasteiger partial charge in [-0.05, 0) is 78.6 Å². The molecular formula is C23H26Cl2FN3O3S2. The van der Waals surface area contributed by atoms with E-state index in [-0.39, 0.29) is 15.2 Å². The van der Waals surface area contributed by atoms with E-state index >= 15 is 0 Å². The minimum absolute atomic E-state index is 0.266. The van der Waals surface area contributed by atoms with Crippen molar-refractivity contribution in [3.63, 3.8) is 0 Å². The lowest BCUT2D eigenvalue weighted by Gasteiger charge is -2.35. The lowest BCUT2D eigenvalue weighted by molar-refractivity contribution is 0.0925. The third kappa shape index (κ3) is 6.25. The predicted octanol–water partition coefficient (Wildman–Crippen LogP) is 4.57. The predicted molar refractivity (Wildman–Crippen MR) is 135 cm³/mol. The molecule has 1 amide bonds. The molecule has 0 radical (unpaired) electrons. The molecule has 2 aromatic rings. The van der Waals surface area contributed by atoms with Crippen molar-refractivity contribution in [2.45, 2.75) is 31.8 Å². The Morgan fingerprint density at radius 1 is 1.03 bits per heavy atom. The lowest BCUT2D eigenvalue weighted by atomic mass is 9.98. The highest BCUT2D eigenvalue weighted by Crippen LogP contribution is 2.43. The standard InChI is InChI=1S/C23H26Cl2FN3O3S2/c1-34(31,32)29(33)23(30)21-12-20(16-2-3-16)17(10-22(21)26)14-28-6-4-27(5-7-28)13-15-8-18(24)11-19(25)9-15/h8-12,16,33H,2-7,13-14H2,1H3. The number of halogens is 3. The minimum atomic E-state index is -3.90. The van der Waals surface area contributed by atoms with Gasteiger partial charge in [0.15, 0.2) is 0 Å². The number of rotatable bonds is 7. The molecule has 2 fully saturated rings. The summed E-state index contributed by atoms with van der Waals surface area (Å²) in [6, 6.07) is 8.45. The topological polar surface area (TPSA) is 60.9 Å². The van der Waals surface area contributed by atoms with Crippen LogP contribution in [0.2, 0.25) is 10.0 Å². The average molecular weight is 547 g/mol. The van der Waals surface area contributed by atoms with E-state index in [1.165, 1.54) is 12.1 Å². The molecule has 4 rings (SSSR count). The smallest absolute Gasteiger partial charge is 0.280 e. The second kappa shape index (κ2) is 10.3. The average Bonchev–Trinajstić information content (AvgIpc) is 3.58. The number of thiol groups is 1. The van der Waals surface area contributed by atoms with Crippen LogP contribution >= 0.6 is 36.0 Å². The molecule has 0 aromatic heterocycles. The normalized spacial score (nSPS) is 17.7. The van der Waals surface area contributed by atoms with Gasteiger partial charge in [0.05, 0.1) is 11.8 Å². The van der Waals surface area contributed by atoms with Crippen molar-refractivity contribution >= 4 is 51.9 Å². The summed E-state index contributed by atoms with van der Waals surface area (Å²) in [5.41, 5.74) is 2.56. The molecule has 0 bridgehead atoms. The van der Waals surface area contributed by atoms with Gasteiger partial charge in [-0.1, -0.05) is 23.2 Å². The number of amides is 1. The van der Waals surface area contributed by atoms with E-state index in [4.69, 9.17) is 23.2 Å². The zero-order valence-corrected chi connectivity index (χ0v) is 21.9. The van der Waals surface area contributed by atoms with E-state index in [1.54, 1.807) is 6.07 Å².